The number of carbonyl (C=O) groups excluding carboxylic acids is 1. The lowest BCUT2D eigenvalue weighted by atomic mass is 9.79. The van der Waals surface area contributed by atoms with E-state index in [0.29, 0.717) is 18.4 Å². The molecule has 1 saturated heterocycles. The van der Waals surface area contributed by atoms with Gasteiger partial charge in [0.2, 0.25) is 5.91 Å². The van der Waals surface area contributed by atoms with Gasteiger partial charge in [0.25, 0.3) is 0 Å². The van der Waals surface area contributed by atoms with Crippen molar-refractivity contribution in [3.63, 3.8) is 0 Å². The third kappa shape index (κ3) is 3.47. The van der Waals surface area contributed by atoms with Crippen molar-refractivity contribution < 1.29 is 14.3 Å². The van der Waals surface area contributed by atoms with E-state index in [9.17, 15) is 4.79 Å². The average molecular weight is 304 g/mol. The fraction of sp³-hybridized carbons (Fsp3) is 0.647. The van der Waals surface area contributed by atoms with Crippen molar-refractivity contribution in [2.75, 3.05) is 26.8 Å². The minimum absolute atomic E-state index is 0.0999. The topological polar surface area (TPSA) is 51.7 Å². The number of pyridine rings is 1. The smallest absolute Gasteiger partial charge is 0.248 e. The summed E-state index contributed by atoms with van der Waals surface area (Å²) in [5.74, 6) is 1.14. The molecule has 0 unspecified atom stereocenters. The first-order valence-electron chi connectivity index (χ1n) is 8.05. The van der Waals surface area contributed by atoms with E-state index in [1.54, 1.807) is 13.3 Å². The lowest BCUT2D eigenvalue weighted by Crippen LogP contribution is -2.35. The van der Waals surface area contributed by atoms with Crippen LogP contribution in [0.4, 0.5) is 0 Å². The maximum Gasteiger partial charge on any atom is 0.248 e. The van der Waals surface area contributed by atoms with E-state index in [2.05, 4.69) is 4.98 Å². The average Bonchev–Trinajstić information content (AvgIpc) is 2.99. The Morgan fingerprint density at radius 2 is 2.32 bits per heavy atom. The second-order valence-corrected chi connectivity index (χ2v) is 6.30. The van der Waals surface area contributed by atoms with Gasteiger partial charge in [-0.2, -0.15) is 0 Å². The van der Waals surface area contributed by atoms with Gasteiger partial charge in [0.15, 0.2) is 0 Å². The zero-order chi connectivity index (χ0) is 15.4. The summed E-state index contributed by atoms with van der Waals surface area (Å²) in [7, 11) is 1.57. The molecular weight excluding hydrogens is 280 g/mol. The van der Waals surface area contributed by atoms with Crippen molar-refractivity contribution in [3.8, 4) is 0 Å². The number of aromatic nitrogens is 1. The van der Waals surface area contributed by atoms with E-state index < -0.39 is 0 Å². The molecule has 120 valence electrons. The van der Waals surface area contributed by atoms with Gasteiger partial charge in [0, 0.05) is 38.5 Å². The first-order valence-corrected chi connectivity index (χ1v) is 8.05. The van der Waals surface area contributed by atoms with Gasteiger partial charge in [0.05, 0.1) is 12.7 Å². The second kappa shape index (κ2) is 7.20. The number of amides is 1. The van der Waals surface area contributed by atoms with Gasteiger partial charge in [-0.25, -0.2) is 0 Å². The van der Waals surface area contributed by atoms with E-state index in [-0.39, 0.29) is 18.6 Å². The van der Waals surface area contributed by atoms with Crippen molar-refractivity contribution in [1.29, 1.82) is 0 Å². The van der Waals surface area contributed by atoms with Crippen molar-refractivity contribution in [2.45, 2.75) is 32.0 Å². The molecular formula is C17H24N2O3. The van der Waals surface area contributed by atoms with E-state index in [1.165, 1.54) is 12.8 Å². The summed E-state index contributed by atoms with van der Waals surface area (Å²) in [6.07, 6.45) is 7.35. The molecule has 1 aromatic heterocycles. The SMILES string of the molecule is COCC(=O)N1C[C@H]2CCC[C@@H](OCc3cccnc3)[C@H]2C1. The van der Waals surface area contributed by atoms with Crippen LogP contribution in [0, 0.1) is 11.8 Å². The van der Waals surface area contributed by atoms with Crippen LogP contribution in [0.1, 0.15) is 24.8 Å². The van der Waals surface area contributed by atoms with Gasteiger partial charge in [-0.05, 0) is 30.4 Å². The Balaban J connectivity index is 1.58. The molecule has 1 amide bonds. The maximum atomic E-state index is 12.0. The molecule has 0 radical (unpaired) electrons. The molecule has 1 aromatic rings. The summed E-state index contributed by atoms with van der Waals surface area (Å²) in [6, 6.07) is 3.97. The molecule has 0 aromatic carbocycles. The van der Waals surface area contributed by atoms with Crippen LogP contribution < -0.4 is 0 Å². The highest BCUT2D eigenvalue weighted by molar-refractivity contribution is 5.77. The van der Waals surface area contributed by atoms with Crippen LogP contribution in [0.25, 0.3) is 0 Å². The molecule has 3 atom stereocenters. The molecule has 5 heteroatoms. The van der Waals surface area contributed by atoms with Crippen LogP contribution in [0.5, 0.6) is 0 Å². The fourth-order valence-corrected chi connectivity index (χ4v) is 3.73. The largest absolute Gasteiger partial charge is 0.375 e. The molecule has 0 spiro atoms. The highest BCUT2D eigenvalue weighted by atomic mass is 16.5. The monoisotopic (exact) mass is 304 g/mol. The van der Waals surface area contributed by atoms with Crippen molar-refractivity contribution >= 4 is 5.91 Å². The molecule has 3 rings (SSSR count). The number of hydrogen-bond donors (Lipinski definition) is 0. The summed E-state index contributed by atoms with van der Waals surface area (Å²) in [4.78, 5) is 18.1. The molecule has 5 nitrogen and oxygen atoms in total. The Morgan fingerprint density at radius 3 is 3.09 bits per heavy atom. The molecule has 2 heterocycles. The summed E-state index contributed by atoms with van der Waals surface area (Å²) in [5.41, 5.74) is 1.11. The minimum Gasteiger partial charge on any atom is -0.375 e. The fourth-order valence-electron chi connectivity index (χ4n) is 3.73. The van der Waals surface area contributed by atoms with Gasteiger partial charge in [-0.15, -0.1) is 0 Å². The van der Waals surface area contributed by atoms with Gasteiger partial charge in [-0.3, -0.25) is 9.78 Å². The molecule has 1 saturated carbocycles. The van der Waals surface area contributed by atoms with Crippen molar-refractivity contribution in [2.24, 2.45) is 11.8 Å². The number of rotatable bonds is 5. The molecule has 2 aliphatic rings. The highest BCUT2D eigenvalue weighted by Crippen LogP contribution is 2.38. The number of fused-ring (bicyclic) bond motifs is 1. The normalized spacial score (nSPS) is 27.7. The van der Waals surface area contributed by atoms with Gasteiger partial charge in [0.1, 0.15) is 6.61 Å². The van der Waals surface area contributed by atoms with E-state index in [0.717, 1.165) is 25.1 Å². The maximum absolute atomic E-state index is 12.0. The van der Waals surface area contributed by atoms with Crippen LogP contribution in [-0.2, 0) is 20.9 Å². The van der Waals surface area contributed by atoms with Crippen LogP contribution >= 0.6 is 0 Å². The Hall–Kier alpha value is -1.46. The number of hydrogen-bond acceptors (Lipinski definition) is 4. The Bertz CT molecular complexity index is 494. The van der Waals surface area contributed by atoms with Gasteiger partial charge in [-0.1, -0.05) is 12.5 Å². The first-order chi connectivity index (χ1) is 10.8. The Kier molecular flexibility index (Phi) is 5.05. The van der Waals surface area contributed by atoms with Crippen LogP contribution in [0.3, 0.4) is 0 Å². The molecule has 22 heavy (non-hydrogen) atoms. The molecule has 1 aliphatic heterocycles. The van der Waals surface area contributed by atoms with Crippen molar-refractivity contribution in [3.05, 3.63) is 30.1 Å². The van der Waals surface area contributed by atoms with Crippen molar-refractivity contribution in [1.82, 2.24) is 9.88 Å². The molecule has 0 bridgehead atoms. The summed E-state index contributed by atoms with van der Waals surface area (Å²) >= 11 is 0. The second-order valence-electron chi connectivity index (χ2n) is 6.30. The third-order valence-electron chi connectivity index (χ3n) is 4.84. The lowest BCUT2D eigenvalue weighted by Gasteiger charge is -2.32. The number of methoxy groups -OCH3 is 1. The molecule has 2 fully saturated rings. The molecule has 0 N–H and O–H groups in total. The number of nitrogens with zero attached hydrogens (tertiary/aromatic N) is 2. The zero-order valence-corrected chi connectivity index (χ0v) is 13.1. The Labute approximate surface area is 131 Å². The third-order valence-corrected chi connectivity index (χ3v) is 4.84. The quantitative estimate of drug-likeness (QED) is 0.833. The van der Waals surface area contributed by atoms with Crippen LogP contribution in [0.15, 0.2) is 24.5 Å². The van der Waals surface area contributed by atoms with E-state index >= 15 is 0 Å². The van der Waals surface area contributed by atoms with E-state index in [1.807, 2.05) is 23.2 Å². The lowest BCUT2D eigenvalue weighted by molar-refractivity contribution is -0.134. The minimum atomic E-state index is 0.0999. The summed E-state index contributed by atoms with van der Waals surface area (Å²) in [5, 5.41) is 0. The predicted molar refractivity (Wildman–Crippen MR) is 82.1 cm³/mol. The zero-order valence-electron chi connectivity index (χ0n) is 13.1. The summed E-state index contributed by atoms with van der Waals surface area (Å²) < 4.78 is 11.1. The molecule has 1 aliphatic carbocycles. The van der Waals surface area contributed by atoms with Gasteiger partial charge < -0.3 is 14.4 Å². The van der Waals surface area contributed by atoms with Crippen LogP contribution in [-0.4, -0.2) is 48.7 Å². The van der Waals surface area contributed by atoms with Gasteiger partial charge >= 0.3 is 0 Å². The summed E-state index contributed by atoms with van der Waals surface area (Å²) in [6.45, 7) is 2.46. The number of ether oxygens (including phenoxy) is 2. The van der Waals surface area contributed by atoms with E-state index in [4.69, 9.17) is 9.47 Å². The number of likely N-dealkylation sites (tertiary alicyclic amines) is 1. The predicted octanol–water partition coefficient (Wildman–Crippen LogP) is 1.87. The standard InChI is InChI=1S/C17H24N2O3/c1-21-12-17(20)19-9-14-5-2-6-16(15(14)10-19)22-11-13-4-3-7-18-8-13/h3-4,7-8,14-16H,2,5-6,9-12H2,1H3/t14-,15+,16-/m1/s1. The first kappa shape index (κ1) is 15.4. The Morgan fingerprint density at radius 1 is 1.41 bits per heavy atom. The van der Waals surface area contributed by atoms with Crippen LogP contribution in [0.2, 0.25) is 0 Å². The highest BCUT2D eigenvalue weighted by Gasteiger charge is 2.42. The number of carbonyl (C=O) groups is 1.